The molecule has 0 saturated heterocycles. The molecule has 17 heavy (non-hydrogen) atoms. The first-order chi connectivity index (χ1) is 8.16. The molecule has 0 aliphatic carbocycles. The summed E-state index contributed by atoms with van der Waals surface area (Å²) in [4.78, 5) is 0. The number of rotatable bonds is 3. The van der Waals surface area contributed by atoms with Crippen LogP contribution in [-0.2, 0) is 6.61 Å². The highest BCUT2D eigenvalue weighted by molar-refractivity contribution is 9.10. The standard InChI is InChI=1S/C14H13BrO2/c1-10-13(16)3-2-4-14(10)17-9-11-5-7-12(15)8-6-11/h2-8,16H,9H2,1H3. The van der Waals surface area contributed by atoms with E-state index in [-0.39, 0.29) is 5.75 Å². The predicted molar refractivity (Wildman–Crippen MR) is 71.3 cm³/mol. The van der Waals surface area contributed by atoms with Gasteiger partial charge >= 0.3 is 0 Å². The van der Waals surface area contributed by atoms with Crippen molar-refractivity contribution in [1.29, 1.82) is 0 Å². The molecule has 1 N–H and O–H groups in total. The summed E-state index contributed by atoms with van der Waals surface area (Å²) in [5.74, 6) is 0.978. The number of phenolic OH excluding ortho intramolecular Hbond substituents is 1. The van der Waals surface area contributed by atoms with Crippen molar-refractivity contribution in [2.45, 2.75) is 13.5 Å². The third-order valence-corrected chi connectivity index (χ3v) is 3.09. The fourth-order valence-electron chi connectivity index (χ4n) is 1.50. The van der Waals surface area contributed by atoms with Gasteiger partial charge in [0.15, 0.2) is 0 Å². The normalized spacial score (nSPS) is 10.2. The van der Waals surface area contributed by atoms with Crippen LogP contribution in [0.4, 0.5) is 0 Å². The Morgan fingerprint density at radius 3 is 2.53 bits per heavy atom. The molecule has 0 amide bonds. The summed E-state index contributed by atoms with van der Waals surface area (Å²) in [5.41, 5.74) is 1.86. The van der Waals surface area contributed by atoms with E-state index < -0.39 is 0 Å². The highest BCUT2D eigenvalue weighted by Gasteiger charge is 2.03. The Bertz CT molecular complexity index is 506. The van der Waals surface area contributed by atoms with Crippen molar-refractivity contribution < 1.29 is 9.84 Å². The maximum atomic E-state index is 9.55. The summed E-state index contributed by atoms with van der Waals surface area (Å²) >= 11 is 3.39. The zero-order valence-electron chi connectivity index (χ0n) is 9.48. The van der Waals surface area contributed by atoms with Crippen LogP contribution in [0.25, 0.3) is 0 Å². The average Bonchev–Trinajstić information content (AvgIpc) is 2.33. The van der Waals surface area contributed by atoms with E-state index in [1.807, 2.05) is 37.3 Å². The Kier molecular flexibility index (Phi) is 3.69. The summed E-state index contributed by atoms with van der Waals surface area (Å²) in [6.07, 6.45) is 0. The molecule has 3 heteroatoms. The molecule has 2 aromatic carbocycles. The Labute approximate surface area is 109 Å². The largest absolute Gasteiger partial charge is 0.508 e. The molecule has 2 rings (SSSR count). The van der Waals surface area contributed by atoms with E-state index in [2.05, 4.69) is 15.9 Å². The van der Waals surface area contributed by atoms with Gasteiger partial charge in [-0.05, 0) is 36.8 Å². The van der Waals surface area contributed by atoms with Gasteiger partial charge in [-0.1, -0.05) is 34.1 Å². The van der Waals surface area contributed by atoms with Gasteiger partial charge in [-0.25, -0.2) is 0 Å². The van der Waals surface area contributed by atoms with Crippen LogP contribution in [0.2, 0.25) is 0 Å². The number of hydrogen-bond acceptors (Lipinski definition) is 2. The summed E-state index contributed by atoms with van der Waals surface area (Å²) < 4.78 is 6.72. The van der Waals surface area contributed by atoms with Crippen molar-refractivity contribution >= 4 is 15.9 Å². The summed E-state index contributed by atoms with van der Waals surface area (Å²) in [7, 11) is 0. The van der Waals surface area contributed by atoms with Crippen LogP contribution in [0.5, 0.6) is 11.5 Å². The van der Waals surface area contributed by atoms with Crippen LogP contribution in [-0.4, -0.2) is 5.11 Å². The Hall–Kier alpha value is -1.48. The van der Waals surface area contributed by atoms with E-state index >= 15 is 0 Å². The van der Waals surface area contributed by atoms with Crippen LogP contribution < -0.4 is 4.74 Å². The highest BCUT2D eigenvalue weighted by atomic mass is 79.9. The first-order valence-electron chi connectivity index (χ1n) is 5.32. The molecule has 2 nitrogen and oxygen atoms in total. The third-order valence-electron chi connectivity index (χ3n) is 2.56. The highest BCUT2D eigenvalue weighted by Crippen LogP contribution is 2.26. The lowest BCUT2D eigenvalue weighted by Gasteiger charge is -2.10. The molecule has 0 heterocycles. The fourth-order valence-corrected chi connectivity index (χ4v) is 1.77. The minimum Gasteiger partial charge on any atom is -0.508 e. The van der Waals surface area contributed by atoms with Gasteiger partial charge in [0, 0.05) is 10.0 Å². The minimum atomic E-state index is 0.262. The second-order valence-electron chi connectivity index (χ2n) is 3.82. The maximum Gasteiger partial charge on any atom is 0.126 e. The molecule has 0 spiro atoms. The average molecular weight is 293 g/mol. The van der Waals surface area contributed by atoms with E-state index in [0.29, 0.717) is 12.4 Å². The zero-order chi connectivity index (χ0) is 12.3. The first kappa shape index (κ1) is 12.0. The van der Waals surface area contributed by atoms with E-state index in [9.17, 15) is 5.11 Å². The van der Waals surface area contributed by atoms with Gasteiger partial charge in [0.2, 0.25) is 0 Å². The Morgan fingerprint density at radius 2 is 1.82 bits per heavy atom. The lowest BCUT2D eigenvalue weighted by Crippen LogP contribution is -1.96. The molecule has 0 radical (unpaired) electrons. The van der Waals surface area contributed by atoms with Crippen molar-refractivity contribution in [1.82, 2.24) is 0 Å². The van der Waals surface area contributed by atoms with Gasteiger partial charge in [0.25, 0.3) is 0 Å². The van der Waals surface area contributed by atoms with Crippen molar-refractivity contribution in [2.24, 2.45) is 0 Å². The Balaban J connectivity index is 2.07. The van der Waals surface area contributed by atoms with Crippen LogP contribution >= 0.6 is 15.9 Å². The first-order valence-corrected chi connectivity index (χ1v) is 6.12. The van der Waals surface area contributed by atoms with E-state index in [4.69, 9.17) is 4.74 Å². The lowest BCUT2D eigenvalue weighted by atomic mass is 10.2. The molecule has 0 aliphatic heterocycles. The number of aromatic hydroxyl groups is 1. The van der Waals surface area contributed by atoms with Gasteiger partial charge in [-0.2, -0.15) is 0 Å². The van der Waals surface area contributed by atoms with Crippen molar-refractivity contribution in [2.75, 3.05) is 0 Å². The zero-order valence-corrected chi connectivity index (χ0v) is 11.1. The summed E-state index contributed by atoms with van der Waals surface area (Å²) in [6.45, 7) is 2.34. The lowest BCUT2D eigenvalue weighted by molar-refractivity contribution is 0.302. The van der Waals surface area contributed by atoms with Gasteiger partial charge in [0.05, 0.1) is 0 Å². The molecule has 0 aromatic heterocycles. The van der Waals surface area contributed by atoms with E-state index in [0.717, 1.165) is 15.6 Å². The van der Waals surface area contributed by atoms with E-state index in [1.54, 1.807) is 12.1 Å². The molecule has 2 aromatic rings. The smallest absolute Gasteiger partial charge is 0.126 e. The quantitative estimate of drug-likeness (QED) is 0.925. The number of benzene rings is 2. The molecular weight excluding hydrogens is 280 g/mol. The van der Waals surface area contributed by atoms with E-state index in [1.165, 1.54) is 0 Å². The topological polar surface area (TPSA) is 29.5 Å². The fraction of sp³-hybridized carbons (Fsp3) is 0.143. The van der Waals surface area contributed by atoms with Crippen LogP contribution in [0.3, 0.4) is 0 Å². The van der Waals surface area contributed by atoms with Gasteiger partial charge in [-0.3, -0.25) is 0 Å². The minimum absolute atomic E-state index is 0.262. The molecule has 0 unspecified atom stereocenters. The molecule has 88 valence electrons. The molecule has 0 bridgehead atoms. The Morgan fingerprint density at radius 1 is 1.12 bits per heavy atom. The number of halogens is 1. The van der Waals surface area contributed by atoms with Gasteiger partial charge in [-0.15, -0.1) is 0 Å². The SMILES string of the molecule is Cc1c(O)cccc1OCc1ccc(Br)cc1. The summed E-state index contributed by atoms with van der Waals surface area (Å²) in [6, 6.07) is 13.3. The number of phenols is 1. The van der Waals surface area contributed by atoms with Crippen molar-refractivity contribution in [3.05, 3.63) is 58.1 Å². The predicted octanol–water partition coefficient (Wildman–Crippen LogP) is 4.04. The maximum absolute atomic E-state index is 9.55. The van der Waals surface area contributed by atoms with Crippen molar-refractivity contribution in [3.63, 3.8) is 0 Å². The van der Waals surface area contributed by atoms with Crippen LogP contribution in [0.1, 0.15) is 11.1 Å². The third kappa shape index (κ3) is 3.01. The monoisotopic (exact) mass is 292 g/mol. The molecule has 0 aliphatic rings. The second kappa shape index (κ2) is 5.23. The van der Waals surface area contributed by atoms with Crippen LogP contribution in [0, 0.1) is 6.92 Å². The number of hydrogen-bond donors (Lipinski definition) is 1. The van der Waals surface area contributed by atoms with Crippen molar-refractivity contribution in [3.8, 4) is 11.5 Å². The molecular formula is C14H13BrO2. The molecule has 0 saturated carbocycles. The number of ether oxygens (including phenoxy) is 1. The van der Waals surface area contributed by atoms with Gasteiger partial charge in [0.1, 0.15) is 18.1 Å². The second-order valence-corrected chi connectivity index (χ2v) is 4.73. The molecule has 0 fully saturated rings. The molecule has 0 atom stereocenters. The van der Waals surface area contributed by atoms with Gasteiger partial charge < -0.3 is 9.84 Å². The van der Waals surface area contributed by atoms with Crippen LogP contribution in [0.15, 0.2) is 46.9 Å². The summed E-state index contributed by atoms with van der Waals surface area (Å²) in [5, 5.41) is 9.55.